The van der Waals surface area contributed by atoms with Gasteiger partial charge in [0.1, 0.15) is 5.41 Å². The maximum absolute atomic E-state index is 11.0. The molecule has 1 aliphatic rings. The van der Waals surface area contributed by atoms with E-state index in [0.29, 0.717) is 5.56 Å². The molecule has 4 heteroatoms. The zero-order valence-corrected chi connectivity index (χ0v) is 7.93. The molecule has 0 amide bonds. The third-order valence-corrected chi connectivity index (χ3v) is 2.58. The van der Waals surface area contributed by atoms with Gasteiger partial charge in [-0.05, 0) is 11.6 Å². The molecule has 0 atom stereocenters. The van der Waals surface area contributed by atoms with Gasteiger partial charge in [-0.3, -0.25) is 0 Å². The summed E-state index contributed by atoms with van der Waals surface area (Å²) in [6.45, 7) is 0.543. The molecule has 0 bridgehead atoms. The lowest BCUT2D eigenvalue weighted by Gasteiger charge is -2.36. The molecule has 1 heterocycles. The second-order valence-electron chi connectivity index (χ2n) is 3.54. The van der Waals surface area contributed by atoms with Crippen LogP contribution in [0.5, 0.6) is 0 Å². The molecule has 15 heavy (non-hydrogen) atoms. The van der Waals surface area contributed by atoms with Crippen LogP contribution in [0.1, 0.15) is 15.9 Å². The van der Waals surface area contributed by atoms with Crippen molar-refractivity contribution in [2.75, 3.05) is 13.2 Å². The molecule has 76 valence electrons. The van der Waals surface area contributed by atoms with Crippen molar-refractivity contribution in [2.24, 2.45) is 0 Å². The predicted molar refractivity (Wildman–Crippen MR) is 51.5 cm³/mol. The molecule has 1 aromatic rings. The molecule has 0 saturated carbocycles. The lowest BCUT2D eigenvalue weighted by Crippen LogP contribution is -2.46. The lowest BCUT2D eigenvalue weighted by molar-refractivity contribution is -0.0302. The Hall–Kier alpha value is -1.86. The summed E-state index contributed by atoms with van der Waals surface area (Å²) in [5, 5.41) is 18.1. The maximum Gasteiger partial charge on any atom is 0.336 e. The molecule has 1 aromatic carbocycles. The van der Waals surface area contributed by atoms with E-state index in [1.165, 1.54) is 6.07 Å². The molecule has 1 aliphatic heterocycles. The van der Waals surface area contributed by atoms with Crippen LogP contribution >= 0.6 is 0 Å². The van der Waals surface area contributed by atoms with Gasteiger partial charge in [0.2, 0.25) is 0 Å². The van der Waals surface area contributed by atoms with Crippen LogP contribution in [0.2, 0.25) is 0 Å². The number of hydrogen-bond donors (Lipinski definition) is 1. The van der Waals surface area contributed by atoms with Gasteiger partial charge in [0.15, 0.2) is 0 Å². The number of aromatic carboxylic acids is 1. The molecular weight excluding hydrogens is 194 g/mol. The lowest BCUT2D eigenvalue weighted by atomic mass is 9.78. The van der Waals surface area contributed by atoms with Crippen molar-refractivity contribution < 1.29 is 14.6 Å². The van der Waals surface area contributed by atoms with Crippen LogP contribution in [-0.4, -0.2) is 24.3 Å². The first kappa shape index (κ1) is 9.69. The average molecular weight is 203 g/mol. The van der Waals surface area contributed by atoms with Crippen LogP contribution < -0.4 is 0 Å². The number of carbonyl (C=O) groups is 1. The van der Waals surface area contributed by atoms with E-state index in [2.05, 4.69) is 6.07 Å². The van der Waals surface area contributed by atoms with Crippen LogP contribution in [0.25, 0.3) is 0 Å². The van der Waals surface area contributed by atoms with Crippen LogP contribution in [0.4, 0.5) is 0 Å². The Balaban J connectivity index is 2.53. The number of ether oxygens (including phenoxy) is 1. The summed E-state index contributed by atoms with van der Waals surface area (Å²) in [4.78, 5) is 11.0. The smallest absolute Gasteiger partial charge is 0.336 e. The highest BCUT2D eigenvalue weighted by Crippen LogP contribution is 2.33. The first-order valence-electron chi connectivity index (χ1n) is 4.51. The third-order valence-electron chi connectivity index (χ3n) is 2.58. The van der Waals surface area contributed by atoms with Crippen LogP contribution in [0.15, 0.2) is 24.3 Å². The Kier molecular flexibility index (Phi) is 2.18. The van der Waals surface area contributed by atoms with Crippen molar-refractivity contribution in [3.05, 3.63) is 35.4 Å². The van der Waals surface area contributed by atoms with E-state index in [0.717, 1.165) is 0 Å². The largest absolute Gasteiger partial charge is 0.478 e. The first-order valence-corrected chi connectivity index (χ1v) is 4.51. The summed E-state index contributed by atoms with van der Waals surface area (Å²) >= 11 is 0. The number of carboxylic acids is 1. The predicted octanol–water partition coefficient (Wildman–Crippen LogP) is 1.18. The van der Waals surface area contributed by atoms with Gasteiger partial charge < -0.3 is 9.84 Å². The maximum atomic E-state index is 11.0. The molecular formula is C11H9NO3. The summed E-state index contributed by atoms with van der Waals surface area (Å²) in [5.41, 5.74) is -0.0387. The SMILES string of the molecule is N#CC1(c2ccccc2C(=O)O)COC1. The molecule has 1 saturated heterocycles. The fourth-order valence-corrected chi connectivity index (χ4v) is 1.67. The van der Waals surface area contributed by atoms with Gasteiger partial charge in [-0.1, -0.05) is 18.2 Å². The Labute approximate surface area is 86.7 Å². The molecule has 0 aromatic heterocycles. The highest BCUT2D eigenvalue weighted by atomic mass is 16.5. The van der Waals surface area contributed by atoms with Crippen LogP contribution in [0, 0.1) is 11.3 Å². The average Bonchev–Trinajstić information content (AvgIpc) is 2.17. The molecule has 0 radical (unpaired) electrons. The number of rotatable bonds is 2. The van der Waals surface area contributed by atoms with Crippen molar-refractivity contribution in [1.82, 2.24) is 0 Å². The number of benzene rings is 1. The summed E-state index contributed by atoms with van der Waals surface area (Å²) in [7, 11) is 0. The molecule has 1 fully saturated rings. The second kappa shape index (κ2) is 3.37. The van der Waals surface area contributed by atoms with E-state index in [1.54, 1.807) is 18.2 Å². The van der Waals surface area contributed by atoms with E-state index in [4.69, 9.17) is 15.1 Å². The minimum Gasteiger partial charge on any atom is -0.478 e. The minimum atomic E-state index is -1.01. The fourth-order valence-electron chi connectivity index (χ4n) is 1.67. The van der Waals surface area contributed by atoms with Gasteiger partial charge in [-0.25, -0.2) is 4.79 Å². The van der Waals surface area contributed by atoms with Crippen molar-refractivity contribution in [3.8, 4) is 6.07 Å². The fraction of sp³-hybridized carbons (Fsp3) is 0.273. The van der Waals surface area contributed by atoms with Gasteiger partial charge in [-0.15, -0.1) is 0 Å². The Bertz CT molecular complexity index is 443. The van der Waals surface area contributed by atoms with Gasteiger partial charge in [0.05, 0.1) is 24.8 Å². The van der Waals surface area contributed by atoms with Gasteiger partial charge in [-0.2, -0.15) is 5.26 Å². The zero-order valence-electron chi connectivity index (χ0n) is 7.93. The van der Waals surface area contributed by atoms with Gasteiger partial charge >= 0.3 is 5.97 Å². The van der Waals surface area contributed by atoms with Crippen molar-refractivity contribution in [2.45, 2.75) is 5.41 Å². The number of nitriles is 1. The highest BCUT2D eigenvalue weighted by molar-refractivity contribution is 5.90. The third kappa shape index (κ3) is 1.37. The Morgan fingerprint density at radius 1 is 1.47 bits per heavy atom. The molecule has 0 spiro atoms. The standard InChI is InChI=1S/C11H9NO3/c12-5-11(6-15-7-11)9-4-2-1-3-8(9)10(13)14/h1-4H,6-7H2,(H,13,14). The number of nitrogens with zero attached hydrogens (tertiary/aromatic N) is 1. The number of carboxylic acid groups (broad SMARTS) is 1. The normalized spacial score (nSPS) is 17.5. The van der Waals surface area contributed by atoms with Crippen molar-refractivity contribution in [3.63, 3.8) is 0 Å². The molecule has 0 unspecified atom stereocenters. The second-order valence-corrected chi connectivity index (χ2v) is 3.54. The van der Waals surface area contributed by atoms with Crippen molar-refractivity contribution >= 4 is 5.97 Å². The van der Waals surface area contributed by atoms with Crippen LogP contribution in [-0.2, 0) is 10.2 Å². The van der Waals surface area contributed by atoms with E-state index < -0.39 is 11.4 Å². The molecule has 1 N–H and O–H groups in total. The summed E-state index contributed by atoms with van der Waals surface area (Å²) in [6.07, 6.45) is 0. The van der Waals surface area contributed by atoms with Crippen molar-refractivity contribution in [1.29, 1.82) is 5.26 Å². The Morgan fingerprint density at radius 2 is 2.13 bits per heavy atom. The van der Waals surface area contributed by atoms with E-state index >= 15 is 0 Å². The summed E-state index contributed by atoms with van der Waals surface area (Å²) < 4.78 is 5.00. The molecule has 4 nitrogen and oxygen atoms in total. The van der Waals surface area contributed by atoms with E-state index in [1.807, 2.05) is 0 Å². The quantitative estimate of drug-likeness (QED) is 0.783. The summed E-state index contributed by atoms with van der Waals surface area (Å²) in [5.74, 6) is -1.01. The zero-order chi connectivity index (χ0) is 10.9. The van der Waals surface area contributed by atoms with Gasteiger partial charge in [0.25, 0.3) is 0 Å². The van der Waals surface area contributed by atoms with Gasteiger partial charge in [0, 0.05) is 0 Å². The van der Waals surface area contributed by atoms with Crippen LogP contribution in [0.3, 0.4) is 0 Å². The van der Waals surface area contributed by atoms with E-state index in [9.17, 15) is 4.79 Å². The minimum absolute atomic E-state index is 0.183. The highest BCUT2D eigenvalue weighted by Gasteiger charge is 2.43. The topological polar surface area (TPSA) is 70.3 Å². The first-order chi connectivity index (χ1) is 7.19. The molecule has 2 rings (SSSR count). The van der Waals surface area contributed by atoms with E-state index in [-0.39, 0.29) is 18.8 Å². The molecule has 0 aliphatic carbocycles. The summed E-state index contributed by atoms with van der Waals surface area (Å²) in [6, 6.07) is 8.71. The Morgan fingerprint density at radius 3 is 2.60 bits per heavy atom. The monoisotopic (exact) mass is 203 g/mol. The number of hydrogen-bond acceptors (Lipinski definition) is 3.